The molecule has 3 heteroatoms. The summed E-state index contributed by atoms with van der Waals surface area (Å²) < 4.78 is 4.89. The highest BCUT2D eigenvalue weighted by Crippen LogP contribution is 2.21. The molecule has 0 aliphatic carbocycles. The first kappa shape index (κ1) is 11.7. The van der Waals surface area contributed by atoms with Crippen molar-refractivity contribution in [2.45, 2.75) is 39.7 Å². The van der Waals surface area contributed by atoms with Crippen molar-refractivity contribution in [2.24, 2.45) is 0 Å². The Morgan fingerprint density at radius 3 is 2.67 bits per heavy atom. The van der Waals surface area contributed by atoms with Crippen LogP contribution in [0.25, 0.3) is 0 Å². The summed E-state index contributed by atoms with van der Waals surface area (Å²) in [6.07, 6.45) is 1.75. The normalized spacial score (nSPS) is 11.2. The number of hydrogen-bond acceptors (Lipinski definition) is 3. The number of hydrogen-bond donors (Lipinski definition) is 0. The van der Waals surface area contributed by atoms with Gasteiger partial charge < -0.3 is 4.74 Å². The van der Waals surface area contributed by atoms with E-state index in [1.54, 1.807) is 6.20 Å². The molecule has 15 heavy (non-hydrogen) atoms. The number of nitrogens with zero attached hydrogens (tertiary/aromatic N) is 1. The summed E-state index contributed by atoms with van der Waals surface area (Å²) >= 11 is 0. The minimum Gasteiger partial charge on any atom is -0.459 e. The largest absolute Gasteiger partial charge is 0.459 e. The third kappa shape index (κ3) is 3.70. The summed E-state index contributed by atoms with van der Waals surface area (Å²) in [7, 11) is 0. The molecule has 0 saturated heterocycles. The van der Waals surface area contributed by atoms with Gasteiger partial charge in [-0.1, -0.05) is 20.8 Å². The van der Waals surface area contributed by atoms with Crippen LogP contribution < -0.4 is 0 Å². The number of esters is 1. The van der Waals surface area contributed by atoms with Gasteiger partial charge in [0.2, 0.25) is 0 Å². The van der Waals surface area contributed by atoms with E-state index in [0.717, 1.165) is 5.69 Å². The van der Waals surface area contributed by atoms with Crippen molar-refractivity contribution in [1.29, 1.82) is 0 Å². The fourth-order valence-electron chi connectivity index (χ4n) is 1.20. The molecule has 1 heterocycles. The number of pyridine rings is 1. The van der Waals surface area contributed by atoms with Crippen LogP contribution >= 0.6 is 0 Å². The molecule has 0 aliphatic heterocycles. The topological polar surface area (TPSA) is 39.2 Å². The molecule has 0 aromatic carbocycles. The summed E-state index contributed by atoms with van der Waals surface area (Å²) in [5, 5.41) is 0. The van der Waals surface area contributed by atoms with Gasteiger partial charge in [0.25, 0.3) is 0 Å². The fourth-order valence-corrected chi connectivity index (χ4v) is 1.20. The van der Waals surface area contributed by atoms with Crippen molar-refractivity contribution in [3.05, 3.63) is 29.6 Å². The lowest BCUT2D eigenvalue weighted by molar-refractivity contribution is -0.142. The molecule has 0 saturated carbocycles. The second kappa shape index (κ2) is 4.43. The lowest BCUT2D eigenvalue weighted by Crippen LogP contribution is -2.12. The minimum atomic E-state index is -0.280. The van der Waals surface area contributed by atoms with Crippen LogP contribution in [0.3, 0.4) is 0 Å². The number of carbonyl (C=O) groups is 1. The summed E-state index contributed by atoms with van der Waals surface area (Å²) in [5.74, 6) is -0.280. The molecular formula is C12H17NO2. The first-order valence-corrected chi connectivity index (χ1v) is 4.98. The molecule has 82 valence electrons. The monoisotopic (exact) mass is 207 g/mol. The molecule has 1 aromatic rings. The molecule has 0 amide bonds. The number of aromatic nitrogens is 1. The standard InChI is InChI=1S/C12H17NO2/c1-9(14)15-8-11-7-10(5-6-13-11)12(2,3)4/h5-7H,8H2,1-4H3. The summed E-state index contributed by atoms with van der Waals surface area (Å²) in [4.78, 5) is 14.8. The van der Waals surface area contributed by atoms with Gasteiger partial charge in [-0.3, -0.25) is 9.78 Å². The molecule has 0 spiro atoms. The number of rotatable bonds is 2. The van der Waals surface area contributed by atoms with E-state index in [0.29, 0.717) is 0 Å². The molecule has 0 bridgehead atoms. The fraction of sp³-hybridized carbons (Fsp3) is 0.500. The van der Waals surface area contributed by atoms with E-state index in [9.17, 15) is 4.79 Å². The Morgan fingerprint density at radius 1 is 1.47 bits per heavy atom. The third-order valence-corrected chi connectivity index (χ3v) is 2.11. The first-order chi connectivity index (χ1) is 6.89. The highest BCUT2D eigenvalue weighted by molar-refractivity contribution is 5.65. The zero-order valence-electron chi connectivity index (χ0n) is 9.70. The molecule has 0 radical (unpaired) electrons. The molecule has 0 fully saturated rings. The average Bonchev–Trinajstić information content (AvgIpc) is 2.14. The van der Waals surface area contributed by atoms with Crippen LogP contribution in [0, 0.1) is 0 Å². The van der Waals surface area contributed by atoms with E-state index in [-0.39, 0.29) is 18.0 Å². The van der Waals surface area contributed by atoms with Crippen LogP contribution in [0.4, 0.5) is 0 Å². The van der Waals surface area contributed by atoms with E-state index in [1.807, 2.05) is 12.1 Å². The highest BCUT2D eigenvalue weighted by Gasteiger charge is 2.14. The predicted molar refractivity (Wildman–Crippen MR) is 58.4 cm³/mol. The van der Waals surface area contributed by atoms with Crippen LogP contribution in [0.15, 0.2) is 18.3 Å². The van der Waals surface area contributed by atoms with Crippen LogP contribution in [0.1, 0.15) is 39.0 Å². The molecule has 0 atom stereocenters. The Hall–Kier alpha value is -1.38. The number of ether oxygens (including phenoxy) is 1. The maximum atomic E-state index is 10.6. The van der Waals surface area contributed by atoms with Gasteiger partial charge >= 0.3 is 5.97 Å². The van der Waals surface area contributed by atoms with E-state index >= 15 is 0 Å². The average molecular weight is 207 g/mol. The van der Waals surface area contributed by atoms with Crippen LogP contribution in [0.2, 0.25) is 0 Å². The van der Waals surface area contributed by atoms with E-state index in [1.165, 1.54) is 12.5 Å². The second-order valence-corrected chi connectivity index (χ2v) is 4.57. The molecule has 1 rings (SSSR count). The molecule has 0 N–H and O–H groups in total. The van der Waals surface area contributed by atoms with Gasteiger partial charge in [-0.25, -0.2) is 0 Å². The van der Waals surface area contributed by atoms with Crippen molar-refractivity contribution in [3.8, 4) is 0 Å². The Balaban J connectivity index is 2.79. The van der Waals surface area contributed by atoms with Gasteiger partial charge in [0.1, 0.15) is 6.61 Å². The van der Waals surface area contributed by atoms with E-state index < -0.39 is 0 Å². The van der Waals surface area contributed by atoms with Gasteiger partial charge in [-0.2, -0.15) is 0 Å². The minimum absolute atomic E-state index is 0.0912. The van der Waals surface area contributed by atoms with Gasteiger partial charge in [-0.15, -0.1) is 0 Å². The second-order valence-electron chi connectivity index (χ2n) is 4.57. The lowest BCUT2D eigenvalue weighted by Gasteiger charge is -2.19. The summed E-state index contributed by atoms with van der Waals surface area (Å²) in [6, 6.07) is 3.96. The molecular weight excluding hydrogens is 190 g/mol. The van der Waals surface area contributed by atoms with Crippen LogP contribution in [-0.4, -0.2) is 11.0 Å². The van der Waals surface area contributed by atoms with Crippen LogP contribution in [0.5, 0.6) is 0 Å². The first-order valence-electron chi connectivity index (χ1n) is 4.98. The maximum absolute atomic E-state index is 10.6. The quantitative estimate of drug-likeness (QED) is 0.699. The third-order valence-electron chi connectivity index (χ3n) is 2.11. The number of carbonyl (C=O) groups excluding carboxylic acids is 1. The van der Waals surface area contributed by atoms with Crippen molar-refractivity contribution in [3.63, 3.8) is 0 Å². The molecule has 0 aliphatic rings. The van der Waals surface area contributed by atoms with Gasteiger partial charge in [-0.05, 0) is 23.1 Å². The Kier molecular flexibility index (Phi) is 3.45. The maximum Gasteiger partial charge on any atom is 0.303 e. The van der Waals surface area contributed by atoms with Crippen molar-refractivity contribution < 1.29 is 9.53 Å². The summed E-state index contributed by atoms with van der Waals surface area (Å²) in [6.45, 7) is 8.06. The van der Waals surface area contributed by atoms with Crippen LogP contribution in [-0.2, 0) is 21.6 Å². The molecule has 3 nitrogen and oxygen atoms in total. The van der Waals surface area contributed by atoms with Crippen molar-refractivity contribution in [2.75, 3.05) is 0 Å². The Labute approximate surface area is 90.5 Å². The lowest BCUT2D eigenvalue weighted by atomic mass is 9.87. The smallest absolute Gasteiger partial charge is 0.303 e. The van der Waals surface area contributed by atoms with Gasteiger partial charge in [0.15, 0.2) is 0 Å². The SMILES string of the molecule is CC(=O)OCc1cc(C(C)(C)C)ccn1. The Morgan fingerprint density at radius 2 is 2.13 bits per heavy atom. The van der Waals surface area contributed by atoms with Crippen molar-refractivity contribution >= 4 is 5.97 Å². The summed E-state index contributed by atoms with van der Waals surface area (Å²) in [5.41, 5.74) is 2.07. The van der Waals surface area contributed by atoms with Gasteiger partial charge in [0.05, 0.1) is 5.69 Å². The predicted octanol–water partition coefficient (Wildman–Crippen LogP) is 2.44. The van der Waals surface area contributed by atoms with Gasteiger partial charge in [0, 0.05) is 13.1 Å². The molecule has 1 aromatic heterocycles. The van der Waals surface area contributed by atoms with E-state index in [4.69, 9.17) is 4.74 Å². The van der Waals surface area contributed by atoms with Crippen molar-refractivity contribution in [1.82, 2.24) is 4.98 Å². The zero-order chi connectivity index (χ0) is 11.5. The zero-order valence-corrected chi connectivity index (χ0v) is 9.70. The highest BCUT2D eigenvalue weighted by atomic mass is 16.5. The van der Waals surface area contributed by atoms with E-state index in [2.05, 4.69) is 25.8 Å². The molecule has 0 unspecified atom stereocenters. The Bertz CT molecular complexity index is 353.